The maximum atomic E-state index is 12.7. The lowest BCUT2D eigenvalue weighted by molar-refractivity contribution is -0.131. The van der Waals surface area contributed by atoms with Crippen LogP contribution in [0.25, 0.3) is 10.8 Å². The van der Waals surface area contributed by atoms with E-state index in [0.717, 1.165) is 10.8 Å². The fraction of sp³-hybridized carbons (Fsp3) is 0.143. The molecule has 0 aromatic heterocycles. The SMILES string of the molecule is CC(=O)Oc1ccccc1C(=O)NC(Oc1ccc2ccccc2c1)C(Cl)(Cl)Cl. The molecule has 0 bridgehead atoms. The minimum atomic E-state index is -1.96. The number of hydrogen-bond donors (Lipinski definition) is 1. The summed E-state index contributed by atoms with van der Waals surface area (Å²) in [6, 6.07) is 19.3. The van der Waals surface area contributed by atoms with E-state index in [1.54, 1.807) is 24.3 Å². The van der Waals surface area contributed by atoms with Crippen molar-refractivity contribution in [2.24, 2.45) is 0 Å². The molecule has 150 valence electrons. The van der Waals surface area contributed by atoms with Gasteiger partial charge in [-0.15, -0.1) is 0 Å². The van der Waals surface area contributed by atoms with E-state index in [-0.39, 0.29) is 11.3 Å². The van der Waals surface area contributed by atoms with Crippen molar-refractivity contribution in [2.75, 3.05) is 0 Å². The molecule has 0 heterocycles. The van der Waals surface area contributed by atoms with Gasteiger partial charge in [0.1, 0.15) is 11.5 Å². The Morgan fingerprint density at radius 2 is 1.59 bits per heavy atom. The Kier molecular flexibility index (Phi) is 6.52. The van der Waals surface area contributed by atoms with Crippen LogP contribution in [0.3, 0.4) is 0 Å². The van der Waals surface area contributed by atoms with Crippen LogP contribution in [0.1, 0.15) is 17.3 Å². The average Bonchev–Trinajstić information content (AvgIpc) is 2.66. The van der Waals surface area contributed by atoms with Crippen LogP contribution < -0.4 is 14.8 Å². The van der Waals surface area contributed by atoms with Gasteiger partial charge in [0.05, 0.1) is 5.56 Å². The van der Waals surface area contributed by atoms with Gasteiger partial charge in [0.15, 0.2) is 0 Å². The van der Waals surface area contributed by atoms with Gasteiger partial charge in [0.2, 0.25) is 10.0 Å². The number of carbonyl (C=O) groups excluding carboxylic acids is 2. The number of alkyl halides is 3. The lowest BCUT2D eigenvalue weighted by Crippen LogP contribution is -2.47. The average molecular weight is 453 g/mol. The molecule has 0 saturated carbocycles. The molecule has 0 spiro atoms. The normalized spacial score (nSPS) is 12.3. The number of rotatable bonds is 5. The third-order valence-electron chi connectivity index (χ3n) is 3.92. The van der Waals surface area contributed by atoms with Gasteiger partial charge in [-0.05, 0) is 35.0 Å². The van der Waals surface area contributed by atoms with Crippen LogP contribution in [-0.2, 0) is 4.79 Å². The highest BCUT2D eigenvalue weighted by Gasteiger charge is 2.37. The number of halogens is 3. The second kappa shape index (κ2) is 8.91. The minimum absolute atomic E-state index is 0.0891. The maximum absolute atomic E-state index is 12.7. The van der Waals surface area contributed by atoms with Crippen LogP contribution in [0.4, 0.5) is 0 Å². The second-order valence-electron chi connectivity index (χ2n) is 6.11. The van der Waals surface area contributed by atoms with E-state index >= 15 is 0 Å². The molecule has 29 heavy (non-hydrogen) atoms. The van der Waals surface area contributed by atoms with Crippen LogP contribution >= 0.6 is 34.8 Å². The van der Waals surface area contributed by atoms with Gasteiger partial charge in [-0.25, -0.2) is 0 Å². The summed E-state index contributed by atoms with van der Waals surface area (Å²) < 4.78 is 8.86. The predicted molar refractivity (Wildman–Crippen MR) is 114 cm³/mol. The zero-order chi connectivity index (χ0) is 21.0. The molecule has 1 atom stereocenters. The van der Waals surface area contributed by atoms with E-state index in [0.29, 0.717) is 5.75 Å². The monoisotopic (exact) mass is 451 g/mol. The topological polar surface area (TPSA) is 64.6 Å². The second-order valence-corrected chi connectivity index (χ2v) is 8.48. The standard InChI is InChI=1S/C21H16Cl3NO4/c1-13(26)28-18-9-5-4-8-17(18)19(27)25-20(21(22,23)24)29-16-11-10-14-6-2-3-7-15(14)12-16/h2-12,20H,1H3,(H,25,27). The molecule has 0 saturated heterocycles. The molecule has 0 aliphatic rings. The van der Waals surface area contributed by atoms with Gasteiger partial charge < -0.3 is 14.8 Å². The fourth-order valence-corrected chi connectivity index (χ4v) is 2.95. The van der Waals surface area contributed by atoms with Crippen molar-refractivity contribution in [1.29, 1.82) is 0 Å². The molecule has 0 fully saturated rings. The highest BCUT2D eigenvalue weighted by molar-refractivity contribution is 6.68. The number of carbonyl (C=O) groups is 2. The lowest BCUT2D eigenvalue weighted by atomic mass is 10.1. The van der Waals surface area contributed by atoms with Crippen molar-refractivity contribution in [2.45, 2.75) is 16.9 Å². The molecule has 1 amide bonds. The molecular formula is C21H16Cl3NO4. The van der Waals surface area contributed by atoms with Gasteiger partial charge in [-0.2, -0.15) is 0 Å². The first-order valence-electron chi connectivity index (χ1n) is 8.54. The molecule has 3 aromatic rings. The molecule has 1 unspecified atom stereocenters. The van der Waals surface area contributed by atoms with Crippen molar-refractivity contribution >= 4 is 57.5 Å². The van der Waals surface area contributed by atoms with Gasteiger partial charge in [-0.3, -0.25) is 9.59 Å². The molecule has 0 aliphatic heterocycles. The molecular weight excluding hydrogens is 437 g/mol. The number of hydrogen-bond acceptors (Lipinski definition) is 4. The maximum Gasteiger partial charge on any atom is 0.308 e. The summed E-state index contributed by atoms with van der Waals surface area (Å²) in [7, 11) is 0. The highest BCUT2D eigenvalue weighted by atomic mass is 35.6. The number of fused-ring (bicyclic) bond motifs is 1. The van der Waals surface area contributed by atoms with E-state index in [1.165, 1.54) is 19.1 Å². The minimum Gasteiger partial charge on any atom is -0.466 e. The quantitative estimate of drug-likeness (QED) is 0.248. The number of para-hydroxylation sites is 1. The van der Waals surface area contributed by atoms with E-state index in [4.69, 9.17) is 44.3 Å². The molecule has 3 aromatic carbocycles. The number of benzene rings is 3. The van der Waals surface area contributed by atoms with Crippen LogP contribution in [0.2, 0.25) is 0 Å². The smallest absolute Gasteiger partial charge is 0.308 e. The summed E-state index contributed by atoms with van der Waals surface area (Å²) in [5.74, 6) is -0.686. The van der Waals surface area contributed by atoms with Crippen molar-refractivity contribution in [3.63, 3.8) is 0 Å². The fourth-order valence-electron chi connectivity index (χ4n) is 2.65. The van der Waals surface area contributed by atoms with Crippen molar-refractivity contribution in [3.05, 3.63) is 72.3 Å². The van der Waals surface area contributed by atoms with Crippen molar-refractivity contribution < 1.29 is 19.1 Å². The van der Waals surface area contributed by atoms with E-state index in [9.17, 15) is 9.59 Å². The van der Waals surface area contributed by atoms with E-state index in [2.05, 4.69) is 5.32 Å². The Bertz CT molecular complexity index is 1050. The van der Waals surface area contributed by atoms with Crippen LogP contribution in [0, 0.1) is 0 Å². The van der Waals surface area contributed by atoms with Gasteiger partial charge >= 0.3 is 5.97 Å². The highest BCUT2D eigenvalue weighted by Crippen LogP contribution is 2.33. The van der Waals surface area contributed by atoms with E-state index < -0.39 is 21.9 Å². The Balaban J connectivity index is 1.84. The number of ether oxygens (including phenoxy) is 2. The summed E-state index contributed by atoms with van der Waals surface area (Å²) in [6.45, 7) is 1.24. The van der Waals surface area contributed by atoms with Crippen molar-refractivity contribution in [1.82, 2.24) is 5.32 Å². The van der Waals surface area contributed by atoms with Crippen LogP contribution in [-0.4, -0.2) is 21.9 Å². The third kappa shape index (κ3) is 5.54. The van der Waals surface area contributed by atoms with Crippen LogP contribution in [0.5, 0.6) is 11.5 Å². The lowest BCUT2D eigenvalue weighted by Gasteiger charge is -2.26. The third-order valence-corrected chi connectivity index (χ3v) is 4.51. The van der Waals surface area contributed by atoms with Gasteiger partial charge in [0.25, 0.3) is 5.91 Å². The molecule has 1 N–H and O–H groups in total. The number of amides is 1. The Morgan fingerprint density at radius 1 is 0.931 bits per heavy atom. The van der Waals surface area contributed by atoms with Gasteiger partial charge in [0, 0.05) is 6.92 Å². The summed E-state index contributed by atoms with van der Waals surface area (Å²) in [4.78, 5) is 24.0. The molecule has 3 rings (SSSR count). The largest absolute Gasteiger partial charge is 0.466 e. The summed E-state index contributed by atoms with van der Waals surface area (Å²) in [6.07, 6.45) is -1.30. The van der Waals surface area contributed by atoms with Crippen LogP contribution in [0.15, 0.2) is 66.7 Å². The number of esters is 1. The zero-order valence-electron chi connectivity index (χ0n) is 15.2. The summed E-state index contributed by atoms with van der Waals surface area (Å²) in [5, 5.41) is 4.48. The first kappa shape index (κ1) is 21.2. The first-order chi connectivity index (χ1) is 13.7. The zero-order valence-corrected chi connectivity index (χ0v) is 17.5. The first-order valence-corrected chi connectivity index (χ1v) is 9.68. The summed E-state index contributed by atoms with van der Waals surface area (Å²) >= 11 is 18.1. The predicted octanol–water partition coefficient (Wildman–Crippen LogP) is 5.27. The molecule has 5 nitrogen and oxygen atoms in total. The summed E-state index contributed by atoms with van der Waals surface area (Å²) in [5.41, 5.74) is 0.101. The molecule has 0 radical (unpaired) electrons. The van der Waals surface area contributed by atoms with Gasteiger partial charge in [-0.1, -0.05) is 77.3 Å². The molecule has 8 heteroatoms. The Labute approximate surface area is 182 Å². The Hall–Kier alpha value is -2.47. The number of nitrogens with one attached hydrogen (secondary N) is 1. The Morgan fingerprint density at radius 3 is 2.28 bits per heavy atom. The molecule has 0 aliphatic carbocycles. The van der Waals surface area contributed by atoms with E-state index in [1.807, 2.05) is 30.3 Å². The van der Waals surface area contributed by atoms with Crippen molar-refractivity contribution in [3.8, 4) is 11.5 Å².